The molecule has 0 radical (unpaired) electrons. The van der Waals surface area contributed by atoms with Gasteiger partial charge in [-0.3, -0.25) is 29.4 Å². The second kappa shape index (κ2) is 22.0. The highest BCUT2D eigenvalue weighted by atomic mass is 16.2. The average Bonchev–Trinajstić information content (AvgIpc) is 3.86. The molecule has 6 amide bonds. The lowest BCUT2D eigenvalue weighted by molar-refractivity contribution is -0.132. The van der Waals surface area contributed by atoms with Crippen LogP contribution < -0.4 is 38.2 Å². The Morgan fingerprint density at radius 3 is 2.10 bits per heavy atom. The van der Waals surface area contributed by atoms with Crippen molar-refractivity contribution in [2.45, 2.75) is 96.4 Å². The zero-order valence-corrected chi connectivity index (χ0v) is 33.5. The summed E-state index contributed by atoms with van der Waals surface area (Å²) >= 11 is 0. The number of hydrogen-bond acceptors (Lipinski definition) is 9. The summed E-state index contributed by atoms with van der Waals surface area (Å²) in [5.74, 6) is -2.84. The van der Waals surface area contributed by atoms with E-state index in [1.54, 1.807) is 12.4 Å². The fraction of sp³-hybridized carbons (Fsp3) is 0.439. The number of aromatic nitrogens is 3. The van der Waals surface area contributed by atoms with Crippen LogP contribution >= 0.6 is 0 Å². The van der Waals surface area contributed by atoms with E-state index in [0.29, 0.717) is 31.5 Å². The number of Topliss-reactive ketones (excluding diaryl/α,β-unsaturated/α-hetero) is 1. The average molecular weight is 800 g/mol. The maximum absolute atomic E-state index is 14.0. The van der Waals surface area contributed by atoms with E-state index in [-0.39, 0.29) is 37.5 Å². The van der Waals surface area contributed by atoms with E-state index in [0.717, 1.165) is 27.0 Å². The van der Waals surface area contributed by atoms with Crippen LogP contribution in [0.5, 0.6) is 0 Å². The van der Waals surface area contributed by atoms with E-state index in [1.165, 1.54) is 20.2 Å². The quantitative estimate of drug-likeness (QED) is 0.0436. The van der Waals surface area contributed by atoms with Crippen molar-refractivity contribution in [3.8, 4) is 0 Å². The molecule has 2 aromatic heterocycles. The number of nitrogens with two attached hydrogens (primary N) is 2. The second-order valence-electron chi connectivity index (χ2n) is 14.9. The first-order valence-electron chi connectivity index (χ1n) is 19.6. The Bertz CT molecular complexity index is 1970. The van der Waals surface area contributed by atoms with Crippen molar-refractivity contribution in [2.24, 2.45) is 17.4 Å². The number of H-pyrrole nitrogens is 2. The Hall–Kier alpha value is -6.07. The van der Waals surface area contributed by atoms with Gasteiger partial charge in [0.05, 0.1) is 18.4 Å². The van der Waals surface area contributed by atoms with Crippen molar-refractivity contribution in [3.63, 3.8) is 0 Å². The van der Waals surface area contributed by atoms with Crippen LogP contribution in [0.15, 0.2) is 73.3 Å². The molecule has 2 aromatic carbocycles. The first-order chi connectivity index (χ1) is 27.7. The van der Waals surface area contributed by atoms with Gasteiger partial charge in [0.1, 0.15) is 18.1 Å². The molecule has 0 fully saturated rings. The van der Waals surface area contributed by atoms with Crippen LogP contribution in [0, 0.1) is 5.92 Å². The number of hydrazine groups is 1. The number of hydrogen-bond donors (Lipinski definition) is 9. The largest absolute Gasteiger partial charge is 0.361 e. The number of rotatable bonds is 21. The molecule has 0 spiro atoms. The van der Waals surface area contributed by atoms with Crippen LogP contribution in [0.1, 0.15) is 63.8 Å². The summed E-state index contributed by atoms with van der Waals surface area (Å²) in [6.07, 6.45) is 6.86. The summed E-state index contributed by atoms with van der Waals surface area (Å²) < 4.78 is 0. The van der Waals surface area contributed by atoms with Crippen molar-refractivity contribution in [1.29, 1.82) is 0 Å². The Morgan fingerprint density at radius 1 is 0.759 bits per heavy atom. The lowest BCUT2D eigenvalue weighted by Gasteiger charge is -2.29. The van der Waals surface area contributed by atoms with Crippen LogP contribution in [0.3, 0.4) is 0 Å². The van der Waals surface area contributed by atoms with E-state index in [2.05, 4.69) is 41.6 Å². The normalized spacial score (nSPS) is 13.8. The van der Waals surface area contributed by atoms with E-state index < -0.39 is 59.9 Å². The lowest BCUT2D eigenvalue weighted by Crippen LogP contribution is -2.61. The molecule has 0 unspecified atom stereocenters. The summed E-state index contributed by atoms with van der Waals surface area (Å²) in [6.45, 7) is 7.05. The van der Waals surface area contributed by atoms with E-state index >= 15 is 0 Å². The molecule has 0 aliphatic heterocycles. The van der Waals surface area contributed by atoms with Crippen molar-refractivity contribution < 1.29 is 28.8 Å². The van der Waals surface area contributed by atoms with Crippen LogP contribution in [-0.2, 0) is 43.2 Å². The van der Waals surface area contributed by atoms with E-state index in [1.807, 2.05) is 68.4 Å². The molecule has 2 heterocycles. The summed E-state index contributed by atoms with van der Waals surface area (Å²) in [4.78, 5) is 90.8. The predicted octanol–water partition coefficient (Wildman–Crippen LogP) is 1.51. The van der Waals surface area contributed by atoms with Crippen molar-refractivity contribution in [3.05, 3.63) is 90.1 Å². The smallest absolute Gasteiger partial charge is 0.336 e. The molecule has 4 rings (SSSR count). The van der Waals surface area contributed by atoms with Crippen molar-refractivity contribution in [1.82, 2.24) is 46.7 Å². The number of fused-ring (bicyclic) bond motifs is 1. The Balaban J connectivity index is 1.48. The van der Waals surface area contributed by atoms with Crippen molar-refractivity contribution in [2.75, 3.05) is 13.1 Å². The third-order valence-corrected chi connectivity index (χ3v) is 9.50. The standard InChI is InChI=1S/C41H57N11O6/c1-25(2)23-52(51-40(57)36(19-29-21-45-34-16-9-8-14-31(29)34)50-38(55)32(43)20-30-22-44-24-46-30)41(58)47-26(3)37(54)49-35(18-28-12-6-5-7-13-28)39(56)48-33(27(4)53)15-10-11-17-42/h5-9,12-14,16,21-22,24-26,32-33,35-36,45H,10-11,15,17-20,23,42-43H2,1-4H3,(H,44,46)(H,47,58)(H,48,56)(H,49,54)(H,50,55)(H,51,57)/t26-,32-,33-,35+,36+/m0/s1. The van der Waals surface area contributed by atoms with E-state index in [9.17, 15) is 28.8 Å². The number of benzene rings is 2. The van der Waals surface area contributed by atoms with Gasteiger partial charge in [-0.05, 0) is 62.8 Å². The number of carbonyl (C=O) groups is 6. The Kier molecular flexibility index (Phi) is 17.0. The van der Waals surface area contributed by atoms with Gasteiger partial charge < -0.3 is 42.7 Å². The van der Waals surface area contributed by atoms with Crippen LogP contribution in [0.4, 0.5) is 4.79 Å². The molecule has 17 nitrogen and oxygen atoms in total. The SMILES string of the molecule is CC(=O)[C@H](CCCCN)NC(=O)[C@@H](Cc1ccccc1)NC(=O)[C@H](C)NC(=O)N(CC(C)C)NC(=O)[C@@H](Cc1c[nH]c2ccccc12)NC(=O)[C@@H](N)Cc1cnc[nH]1. The molecule has 0 saturated heterocycles. The van der Waals surface area contributed by atoms with Gasteiger partial charge in [0.25, 0.3) is 5.91 Å². The number of aromatic amines is 2. The molecule has 58 heavy (non-hydrogen) atoms. The number of carbonyl (C=O) groups excluding carboxylic acids is 6. The van der Waals surface area contributed by atoms with Crippen molar-refractivity contribution >= 4 is 46.3 Å². The van der Waals surface area contributed by atoms with Crippen LogP contribution in [-0.4, -0.2) is 98.7 Å². The minimum absolute atomic E-state index is 0.0502. The van der Waals surface area contributed by atoms with Crippen LogP contribution in [0.25, 0.3) is 10.9 Å². The zero-order chi connectivity index (χ0) is 42.2. The number of ketones is 1. The molecular weight excluding hydrogens is 743 g/mol. The molecule has 312 valence electrons. The van der Waals surface area contributed by atoms with Gasteiger partial charge in [-0.1, -0.05) is 62.4 Å². The Morgan fingerprint density at radius 2 is 1.43 bits per heavy atom. The first kappa shape index (κ1) is 44.6. The minimum Gasteiger partial charge on any atom is -0.361 e. The third kappa shape index (κ3) is 13.5. The first-order valence-corrected chi connectivity index (χ1v) is 19.6. The minimum atomic E-state index is -1.17. The predicted molar refractivity (Wildman–Crippen MR) is 219 cm³/mol. The van der Waals surface area contributed by atoms with Gasteiger partial charge in [0.15, 0.2) is 5.78 Å². The maximum atomic E-state index is 14.0. The van der Waals surface area contributed by atoms with Crippen LogP contribution in [0.2, 0.25) is 0 Å². The summed E-state index contributed by atoms with van der Waals surface area (Å²) in [5, 5.41) is 12.8. The number of imidazole rings is 1. The molecule has 0 saturated carbocycles. The number of nitrogens with one attached hydrogen (secondary N) is 7. The highest BCUT2D eigenvalue weighted by Gasteiger charge is 2.31. The molecular formula is C41H57N11O6. The fourth-order valence-corrected chi connectivity index (χ4v) is 6.32. The molecule has 4 aromatic rings. The third-order valence-electron chi connectivity index (χ3n) is 9.50. The molecule has 0 bridgehead atoms. The molecule has 0 aliphatic rings. The van der Waals surface area contributed by atoms with Gasteiger partial charge in [-0.2, -0.15) is 0 Å². The summed E-state index contributed by atoms with van der Waals surface area (Å²) in [5.41, 5.74) is 17.5. The lowest BCUT2D eigenvalue weighted by atomic mass is 10.0. The fourth-order valence-electron chi connectivity index (χ4n) is 6.32. The number of unbranched alkanes of at least 4 members (excludes halogenated alkanes) is 1. The van der Waals surface area contributed by atoms with E-state index in [4.69, 9.17) is 11.5 Å². The Labute approximate surface area is 338 Å². The molecule has 17 heteroatoms. The number of urea groups is 1. The summed E-state index contributed by atoms with van der Waals surface area (Å²) in [7, 11) is 0. The monoisotopic (exact) mass is 799 g/mol. The number of para-hydroxylation sites is 1. The zero-order valence-electron chi connectivity index (χ0n) is 33.5. The van der Waals surface area contributed by atoms with Gasteiger partial charge in [-0.25, -0.2) is 14.8 Å². The topological polar surface area (TPSA) is 262 Å². The van der Waals surface area contributed by atoms with Gasteiger partial charge in [0, 0.05) is 54.8 Å². The maximum Gasteiger partial charge on any atom is 0.336 e. The van der Waals surface area contributed by atoms with Gasteiger partial charge in [0.2, 0.25) is 17.7 Å². The highest BCUT2D eigenvalue weighted by Crippen LogP contribution is 2.19. The van der Waals surface area contributed by atoms with Gasteiger partial charge in [-0.15, -0.1) is 0 Å². The van der Waals surface area contributed by atoms with Gasteiger partial charge >= 0.3 is 6.03 Å². The highest BCUT2D eigenvalue weighted by molar-refractivity contribution is 5.95. The molecule has 11 N–H and O–H groups in total. The second-order valence-corrected chi connectivity index (χ2v) is 14.9. The number of amides is 6. The number of nitrogens with zero attached hydrogens (tertiary/aromatic N) is 2. The molecule has 0 aliphatic carbocycles. The molecule has 5 atom stereocenters. The summed E-state index contributed by atoms with van der Waals surface area (Å²) in [6, 6.07) is 10.6.